The van der Waals surface area contributed by atoms with Crippen molar-refractivity contribution in [1.29, 1.82) is 0 Å². The smallest absolute Gasteiger partial charge is 0.124 e. The third-order valence-corrected chi connectivity index (χ3v) is 6.79. The molecule has 1 saturated carbocycles. The molecular weight excluding hydrogens is 372 g/mol. The number of rotatable bonds is 8. The van der Waals surface area contributed by atoms with Gasteiger partial charge in [0.05, 0.1) is 0 Å². The molecule has 2 unspecified atom stereocenters. The Balaban J connectivity index is 1.95. The monoisotopic (exact) mass is 410 g/mol. The molecule has 0 saturated heterocycles. The van der Waals surface area contributed by atoms with Crippen molar-refractivity contribution in [3.05, 3.63) is 59.7 Å². The summed E-state index contributed by atoms with van der Waals surface area (Å²) in [6, 6.07) is 17.7. The maximum Gasteiger partial charge on any atom is 0.124 e. The van der Waals surface area contributed by atoms with Crippen molar-refractivity contribution in [2.24, 2.45) is 0 Å². The summed E-state index contributed by atoms with van der Waals surface area (Å²) in [5, 5.41) is 20.1. The van der Waals surface area contributed by atoms with Crippen LogP contribution in [0.4, 0.5) is 11.4 Å². The van der Waals surface area contributed by atoms with Crippen molar-refractivity contribution in [1.82, 2.24) is 0 Å². The van der Waals surface area contributed by atoms with Crippen LogP contribution in [-0.4, -0.2) is 35.8 Å². The van der Waals surface area contributed by atoms with Crippen molar-refractivity contribution >= 4 is 11.4 Å². The molecule has 0 amide bonds. The van der Waals surface area contributed by atoms with E-state index in [4.69, 9.17) is 0 Å². The summed E-state index contributed by atoms with van der Waals surface area (Å²) < 4.78 is 0. The Kier molecular flexibility index (Phi) is 7.43. The largest absolute Gasteiger partial charge is 0.374 e. The molecule has 0 radical (unpaired) electrons. The number of aliphatic hydroxyl groups excluding tert-OH is 2. The highest BCUT2D eigenvalue weighted by molar-refractivity contribution is 5.54. The maximum absolute atomic E-state index is 10.0. The highest BCUT2D eigenvalue weighted by Gasteiger charge is 2.35. The number of benzene rings is 2. The second kappa shape index (κ2) is 9.84. The van der Waals surface area contributed by atoms with E-state index in [-0.39, 0.29) is 5.41 Å². The van der Waals surface area contributed by atoms with Crippen molar-refractivity contribution in [3.8, 4) is 0 Å². The maximum atomic E-state index is 10.0. The molecule has 2 aromatic rings. The molecule has 2 atom stereocenters. The van der Waals surface area contributed by atoms with Crippen molar-refractivity contribution in [2.45, 2.75) is 77.7 Å². The van der Waals surface area contributed by atoms with Gasteiger partial charge in [0.15, 0.2) is 0 Å². The van der Waals surface area contributed by atoms with E-state index in [0.717, 1.165) is 37.3 Å². The zero-order valence-corrected chi connectivity index (χ0v) is 19.0. The Labute approximate surface area is 182 Å². The van der Waals surface area contributed by atoms with Crippen LogP contribution < -0.4 is 9.80 Å². The first-order valence-electron chi connectivity index (χ1n) is 11.5. The molecule has 0 spiro atoms. The van der Waals surface area contributed by atoms with Crippen LogP contribution in [0.1, 0.15) is 70.9 Å². The van der Waals surface area contributed by atoms with Crippen LogP contribution in [-0.2, 0) is 5.41 Å². The zero-order valence-electron chi connectivity index (χ0n) is 19.0. The lowest BCUT2D eigenvalue weighted by Gasteiger charge is -2.39. The van der Waals surface area contributed by atoms with Crippen molar-refractivity contribution < 1.29 is 10.2 Å². The molecule has 0 heterocycles. The van der Waals surface area contributed by atoms with Gasteiger partial charge in [-0.15, -0.1) is 0 Å². The second-order valence-electron chi connectivity index (χ2n) is 8.57. The number of hydrogen-bond donors (Lipinski definition) is 2. The van der Waals surface area contributed by atoms with Gasteiger partial charge in [-0.05, 0) is 75.9 Å². The summed E-state index contributed by atoms with van der Waals surface area (Å²) in [5.41, 5.74) is 4.89. The van der Waals surface area contributed by atoms with E-state index >= 15 is 0 Å². The number of nitrogens with zero attached hydrogens (tertiary/aromatic N) is 2. The normalized spacial score (nSPS) is 17.9. The molecule has 2 aromatic carbocycles. The topological polar surface area (TPSA) is 46.9 Å². The fourth-order valence-corrected chi connectivity index (χ4v) is 5.17. The van der Waals surface area contributed by atoms with Gasteiger partial charge in [0.1, 0.15) is 12.5 Å². The van der Waals surface area contributed by atoms with Crippen LogP contribution in [0.25, 0.3) is 0 Å². The predicted octanol–water partition coefficient (Wildman–Crippen LogP) is 5.27. The molecule has 4 heteroatoms. The summed E-state index contributed by atoms with van der Waals surface area (Å²) in [6.07, 6.45) is 5.12. The standard InChI is InChI=1S/C26H38N2O2/c1-5-27(20(3)29)24-14-10-22(11-15-24)26(18-8-7-9-19-26)23-12-16-25(17-13-23)28(6-2)21(4)30/h10-17,20-21,29-30H,5-9,18-19H2,1-4H3. The van der Waals surface area contributed by atoms with Crippen LogP contribution in [0, 0.1) is 0 Å². The first kappa shape index (κ1) is 22.6. The first-order valence-corrected chi connectivity index (χ1v) is 11.5. The van der Waals surface area contributed by atoms with Crippen LogP contribution in [0.2, 0.25) is 0 Å². The molecule has 4 nitrogen and oxygen atoms in total. The Hall–Kier alpha value is -2.04. The van der Waals surface area contributed by atoms with E-state index in [0.29, 0.717) is 0 Å². The molecule has 1 aliphatic rings. The molecular formula is C26H38N2O2. The minimum atomic E-state index is -0.493. The summed E-state index contributed by atoms with van der Waals surface area (Å²) in [4.78, 5) is 4.00. The van der Waals surface area contributed by atoms with Gasteiger partial charge in [0.25, 0.3) is 0 Å². The summed E-state index contributed by atoms with van der Waals surface area (Å²) >= 11 is 0. The van der Waals surface area contributed by atoms with Gasteiger partial charge >= 0.3 is 0 Å². The van der Waals surface area contributed by atoms with Crippen LogP contribution in [0.15, 0.2) is 48.5 Å². The molecule has 30 heavy (non-hydrogen) atoms. The van der Waals surface area contributed by atoms with Crippen molar-refractivity contribution in [2.75, 3.05) is 22.9 Å². The number of anilines is 2. The molecule has 164 valence electrons. The molecule has 0 bridgehead atoms. The van der Waals surface area contributed by atoms with E-state index in [1.165, 1.54) is 30.4 Å². The lowest BCUT2D eigenvalue weighted by molar-refractivity contribution is 0.189. The Morgan fingerprint density at radius 1 is 0.700 bits per heavy atom. The van der Waals surface area contributed by atoms with Gasteiger partial charge in [-0.25, -0.2) is 0 Å². The summed E-state index contributed by atoms with van der Waals surface area (Å²) in [6.45, 7) is 9.32. The average molecular weight is 411 g/mol. The lowest BCUT2D eigenvalue weighted by Crippen LogP contribution is -2.33. The van der Waals surface area contributed by atoms with E-state index in [2.05, 4.69) is 62.4 Å². The highest BCUT2D eigenvalue weighted by Crippen LogP contribution is 2.45. The van der Waals surface area contributed by atoms with E-state index < -0.39 is 12.5 Å². The van der Waals surface area contributed by atoms with E-state index in [1.807, 2.05) is 23.6 Å². The fourth-order valence-electron chi connectivity index (χ4n) is 5.17. The molecule has 3 rings (SSSR count). The molecule has 0 aromatic heterocycles. The van der Waals surface area contributed by atoms with Crippen LogP contribution >= 0.6 is 0 Å². The molecule has 2 N–H and O–H groups in total. The number of hydrogen-bond acceptors (Lipinski definition) is 4. The Morgan fingerprint density at radius 2 is 1.07 bits per heavy atom. The van der Waals surface area contributed by atoms with Crippen LogP contribution in [0.3, 0.4) is 0 Å². The minimum absolute atomic E-state index is 0.0407. The van der Waals surface area contributed by atoms with Gasteiger partial charge in [0.2, 0.25) is 0 Å². The SMILES string of the molecule is CCN(c1ccc(C2(c3ccc(N(CC)C(C)O)cc3)CCCCC2)cc1)C(C)O. The summed E-state index contributed by atoms with van der Waals surface area (Å²) in [5.74, 6) is 0. The zero-order chi connectivity index (χ0) is 21.7. The van der Waals surface area contributed by atoms with E-state index in [9.17, 15) is 10.2 Å². The van der Waals surface area contributed by atoms with Crippen molar-refractivity contribution in [3.63, 3.8) is 0 Å². The van der Waals surface area contributed by atoms with Gasteiger partial charge in [0, 0.05) is 29.9 Å². The quantitative estimate of drug-likeness (QED) is 0.582. The Bertz CT molecular complexity index is 716. The highest BCUT2D eigenvalue weighted by atomic mass is 16.3. The lowest BCUT2D eigenvalue weighted by atomic mass is 9.65. The summed E-state index contributed by atoms with van der Waals surface area (Å²) in [7, 11) is 0. The molecule has 1 aliphatic carbocycles. The molecule has 0 aliphatic heterocycles. The third-order valence-electron chi connectivity index (χ3n) is 6.79. The predicted molar refractivity (Wildman–Crippen MR) is 126 cm³/mol. The Morgan fingerprint density at radius 3 is 1.37 bits per heavy atom. The van der Waals surface area contributed by atoms with E-state index in [1.54, 1.807) is 0 Å². The first-order chi connectivity index (χ1) is 14.4. The number of aliphatic hydroxyl groups is 2. The van der Waals surface area contributed by atoms with Crippen LogP contribution in [0.5, 0.6) is 0 Å². The minimum Gasteiger partial charge on any atom is -0.374 e. The second-order valence-corrected chi connectivity index (χ2v) is 8.57. The average Bonchev–Trinajstić information content (AvgIpc) is 2.76. The van der Waals surface area contributed by atoms with Gasteiger partial charge in [-0.3, -0.25) is 0 Å². The van der Waals surface area contributed by atoms with Gasteiger partial charge < -0.3 is 20.0 Å². The fraction of sp³-hybridized carbons (Fsp3) is 0.538. The molecule has 1 fully saturated rings. The third kappa shape index (κ3) is 4.50. The van der Waals surface area contributed by atoms with Gasteiger partial charge in [-0.1, -0.05) is 43.5 Å². The van der Waals surface area contributed by atoms with Gasteiger partial charge in [-0.2, -0.15) is 0 Å².